The minimum Gasteiger partial charge on any atom is -0.358 e. The van der Waals surface area contributed by atoms with Crippen molar-refractivity contribution in [1.82, 2.24) is 4.98 Å². The van der Waals surface area contributed by atoms with Gasteiger partial charge in [0.15, 0.2) is 0 Å². The van der Waals surface area contributed by atoms with Crippen LogP contribution in [-0.2, 0) is 12.8 Å². The Bertz CT molecular complexity index is 519. The Morgan fingerprint density at radius 3 is 2.93 bits per heavy atom. The summed E-state index contributed by atoms with van der Waals surface area (Å²) in [6.07, 6.45) is 7.03. The molecule has 0 atom stereocenters. The van der Waals surface area contributed by atoms with Crippen molar-refractivity contribution < 1.29 is 0 Å². The molecule has 1 aromatic heterocycles. The zero-order valence-electron chi connectivity index (χ0n) is 8.84. The van der Waals surface area contributed by atoms with Gasteiger partial charge in [-0.1, -0.05) is 30.9 Å². The van der Waals surface area contributed by atoms with Gasteiger partial charge in [-0.15, -0.1) is 0 Å². The number of aromatic nitrogens is 1. The number of rotatable bonds is 1. The molecule has 15 heavy (non-hydrogen) atoms. The van der Waals surface area contributed by atoms with E-state index in [-0.39, 0.29) is 0 Å². The lowest BCUT2D eigenvalue weighted by Gasteiger charge is -2.10. The molecular formula is C14H15N. The fraction of sp³-hybridized carbons (Fsp3) is 0.286. The highest BCUT2D eigenvalue weighted by Gasteiger charge is 2.15. The highest BCUT2D eigenvalue weighted by atomic mass is 14.7. The molecule has 0 spiro atoms. The van der Waals surface area contributed by atoms with E-state index in [1.165, 1.54) is 47.8 Å². The van der Waals surface area contributed by atoms with Crippen LogP contribution in [-0.4, -0.2) is 4.98 Å². The molecule has 0 radical (unpaired) electrons. The molecule has 76 valence electrons. The van der Waals surface area contributed by atoms with Crippen LogP contribution in [0.4, 0.5) is 0 Å². The zero-order chi connectivity index (χ0) is 10.3. The van der Waals surface area contributed by atoms with Crippen molar-refractivity contribution in [2.24, 2.45) is 0 Å². The molecule has 0 fully saturated rings. The lowest BCUT2D eigenvalue weighted by atomic mass is 9.95. The molecule has 0 saturated heterocycles. The summed E-state index contributed by atoms with van der Waals surface area (Å²) in [7, 11) is 0. The van der Waals surface area contributed by atoms with Gasteiger partial charge in [-0.05, 0) is 36.8 Å². The summed E-state index contributed by atoms with van der Waals surface area (Å²) in [6, 6.07) is 6.47. The van der Waals surface area contributed by atoms with E-state index in [0.717, 1.165) is 0 Å². The summed E-state index contributed by atoms with van der Waals surface area (Å²) < 4.78 is 0. The van der Waals surface area contributed by atoms with Crippen molar-refractivity contribution in [3.8, 4) is 0 Å². The number of benzene rings is 1. The Kier molecular flexibility index (Phi) is 1.91. The number of para-hydroxylation sites is 1. The first-order valence-electron chi connectivity index (χ1n) is 5.65. The third-order valence-corrected chi connectivity index (χ3v) is 3.39. The van der Waals surface area contributed by atoms with E-state index in [4.69, 9.17) is 0 Å². The van der Waals surface area contributed by atoms with Crippen LogP contribution in [0.15, 0.2) is 24.8 Å². The third-order valence-electron chi connectivity index (χ3n) is 3.39. The SMILES string of the molecule is C=Cc1cccc2c3c([nH]c12)CCCC3. The van der Waals surface area contributed by atoms with Crippen LogP contribution in [0.3, 0.4) is 0 Å². The molecule has 0 saturated carbocycles. The number of fused-ring (bicyclic) bond motifs is 3. The van der Waals surface area contributed by atoms with Crippen molar-refractivity contribution >= 4 is 17.0 Å². The molecule has 0 aliphatic heterocycles. The van der Waals surface area contributed by atoms with Crippen LogP contribution in [0, 0.1) is 0 Å². The molecule has 1 N–H and O–H groups in total. The molecule has 0 unspecified atom stereocenters. The minimum absolute atomic E-state index is 1.21. The Morgan fingerprint density at radius 1 is 1.20 bits per heavy atom. The summed E-state index contributed by atoms with van der Waals surface area (Å²) in [6.45, 7) is 3.87. The van der Waals surface area contributed by atoms with Crippen molar-refractivity contribution in [2.45, 2.75) is 25.7 Å². The van der Waals surface area contributed by atoms with E-state index in [9.17, 15) is 0 Å². The number of hydrogen-bond donors (Lipinski definition) is 1. The zero-order valence-corrected chi connectivity index (χ0v) is 8.84. The average molecular weight is 197 g/mol. The maximum Gasteiger partial charge on any atom is 0.0532 e. The smallest absolute Gasteiger partial charge is 0.0532 e. The van der Waals surface area contributed by atoms with Crippen molar-refractivity contribution in [3.63, 3.8) is 0 Å². The lowest BCUT2D eigenvalue weighted by molar-refractivity contribution is 0.680. The molecule has 0 bridgehead atoms. The maximum absolute atomic E-state index is 3.87. The van der Waals surface area contributed by atoms with Gasteiger partial charge in [0.1, 0.15) is 0 Å². The average Bonchev–Trinajstić information content (AvgIpc) is 2.67. The van der Waals surface area contributed by atoms with Gasteiger partial charge in [-0.25, -0.2) is 0 Å². The van der Waals surface area contributed by atoms with Gasteiger partial charge in [-0.2, -0.15) is 0 Å². The van der Waals surface area contributed by atoms with Crippen LogP contribution < -0.4 is 0 Å². The van der Waals surface area contributed by atoms with Crippen LogP contribution in [0.2, 0.25) is 0 Å². The van der Waals surface area contributed by atoms with Crippen LogP contribution in [0.5, 0.6) is 0 Å². The highest BCUT2D eigenvalue weighted by Crippen LogP contribution is 2.30. The Hall–Kier alpha value is -1.50. The molecule has 1 heteroatoms. The van der Waals surface area contributed by atoms with Gasteiger partial charge in [0.2, 0.25) is 0 Å². The largest absolute Gasteiger partial charge is 0.358 e. The second kappa shape index (κ2) is 3.27. The van der Waals surface area contributed by atoms with Gasteiger partial charge < -0.3 is 4.98 Å². The van der Waals surface area contributed by atoms with E-state index in [0.29, 0.717) is 0 Å². The lowest BCUT2D eigenvalue weighted by Crippen LogP contribution is -1.99. The monoisotopic (exact) mass is 197 g/mol. The maximum atomic E-state index is 3.87. The van der Waals surface area contributed by atoms with Crippen molar-refractivity contribution in [1.29, 1.82) is 0 Å². The summed E-state index contributed by atoms with van der Waals surface area (Å²) >= 11 is 0. The molecule has 1 heterocycles. The minimum atomic E-state index is 1.21. The molecule has 1 aromatic carbocycles. The van der Waals surface area contributed by atoms with Crippen molar-refractivity contribution in [3.05, 3.63) is 41.6 Å². The quantitative estimate of drug-likeness (QED) is 0.717. The van der Waals surface area contributed by atoms with E-state index < -0.39 is 0 Å². The van der Waals surface area contributed by atoms with E-state index >= 15 is 0 Å². The van der Waals surface area contributed by atoms with Crippen LogP contribution >= 0.6 is 0 Å². The Balaban J connectivity index is 2.35. The molecule has 2 aromatic rings. The highest BCUT2D eigenvalue weighted by molar-refractivity contribution is 5.91. The summed E-state index contributed by atoms with van der Waals surface area (Å²) in [5.41, 5.74) is 5.49. The predicted octanol–water partition coefficient (Wildman–Crippen LogP) is 3.69. The number of aryl methyl sites for hydroxylation is 2. The molecular weight excluding hydrogens is 182 g/mol. The summed E-state index contributed by atoms with van der Waals surface area (Å²) in [5, 5.41) is 1.40. The van der Waals surface area contributed by atoms with Gasteiger partial charge in [-0.3, -0.25) is 0 Å². The van der Waals surface area contributed by atoms with Gasteiger partial charge in [0.05, 0.1) is 5.52 Å². The van der Waals surface area contributed by atoms with E-state index in [2.05, 4.69) is 29.8 Å². The van der Waals surface area contributed by atoms with E-state index in [1.807, 2.05) is 6.08 Å². The Labute approximate surface area is 89.8 Å². The fourth-order valence-corrected chi connectivity index (χ4v) is 2.62. The molecule has 0 amide bonds. The van der Waals surface area contributed by atoms with Crippen LogP contribution in [0.25, 0.3) is 17.0 Å². The number of hydrogen-bond acceptors (Lipinski definition) is 0. The topological polar surface area (TPSA) is 15.8 Å². The Morgan fingerprint density at radius 2 is 2.07 bits per heavy atom. The van der Waals surface area contributed by atoms with Gasteiger partial charge in [0.25, 0.3) is 0 Å². The van der Waals surface area contributed by atoms with Crippen LogP contribution in [0.1, 0.15) is 29.7 Å². The van der Waals surface area contributed by atoms with Crippen molar-refractivity contribution in [2.75, 3.05) is 0 Å². The number of nitrogens with one attached hydrogen (secondary N) is 1. The normalized spacial score (nSPS) is 15.2. The van der Waals surface area contributed by atoms with Gasteiger partial charge in [0, 0.05) is 11.1 Å². The molecule has 1 aliphatic rings. The van der Waals surface area contributed by atoms with Gasteiger partial charge >= 0.3 is 0 Å². The summed E-state index contributed by atoms with van der Waals surface area (Å²) in [5.74, 6) is 0. The third kappa shape index (κ3) is 1.23. The first-order chi connectivity index (χ1) is 7.40. The molecule has 1 aliphatic carbocycles. The molecule has 1 nitrogen and oxygen atoms in total. The molecule has 3 rings (SSSR count). The van der Waals surface area contributed by atoms with E-state index in [1.54, 1.807) is 5.56 Å². The second-order valence-corrected chi connectivity index (χ2v) is 4.26. The fourth-order valence-electron chi connectivity index (χ4n) is 2.62. The number of H-pyrrole nitrogens is 1. The standard InChI is InChI=1S/C14H15N/c1-2-10-6-5-8-12-11-7-3-4-9-13(11)15-14(10)12/h2,5-6,8,15H,1,3-4,7,9H2. The second-order valence-electron chi connectivity index (χ2n) is 4.26. The predicted molar refractivity (Wildman–Crippen MR) is 65.0 cm³/mol. The first-order valence-corrected chi connectivity index (χ1v) is 5.65. The summed E-state index contributed by atoms with van der Waals surface area (Å²) in [4.78, 5) is 3.56. The number of aromatic amines is 1. The first kappa shape index (κ1) is 8.78.